The van der Waals surface area contributed by atoms with Gasteiger partial charge in [0.15, 0.2) is 0 Å². The van der Waals surface area contributed by atoms with Gasteiger partial charge in [0.2, 0.25) is 0 Å². The lowest BCUT2D eigenvalue weighted by Crippen LogP contribution is -2.23. The van der Waals surface area contributed by atoms with Crippen LogP contribution in [0.5, 0.6) is 0 Å². The second-order valence-corrected chi connectivity index (χ2v) is 5.08. The first-order valence-electron chi connectivity index (χ1n) is 3.75. The first-order chi connectivity index (χ1) is 4.50. The van der Waals surface area contributed by atoms with E-state index in [9.17, 15) is 0 Å². The molecule has 0 aromatic rings. The fraction of sp³-hybridized carbons (Fsp3) is 1.00. The van der Waals surface area contributed by atoms with E-state index in [0.29, 0.717) is 17.3 Å². The Balaban J connectivity index is 3.63. The van der Waals surface area contributed by atoms with Gasteiger partial charge < -0.3 is 5.11 Å². The summed E-state index contributed by atoms with van der Waals surface area (Å²) in [5.74, 6) is 1.52. The molecule has 0 atom stereocenters. The summed E-state index contributed by atoms with van der Waals surface area (Å²) in [6.45, 7) is 9.16. The Labute approximate surface area is 68.2 Å². The van der Waals surface area contributed by atoms with Gasteiger partial charge in [-0.1, -0.05) is 27.7 Å². The highest BCUT2D eigenvalue weighted by Gasteiger charge is 2.21. The number of thioether (sulfide) groups is 1. The van der Waals surface area contributed by atoms with E-state index in [0.717, 1.165) is 5.75 Å². The van der Waals surface area contributed by atoms with Gasteiger partial charge in [0.05, 0.1) is 6.61 Å². The van der Waals surface area contributed by atoms with Crippen LogP contribution in [-0.4, -0.2) is 22.2 Å². The van der Waals surface area contributed by atoms with Crippen LogP contribution in [0, 0.1) is 5.92 Å². The summed E-state index contributed by atoms with van der Waals surface area (Å²) in [4.78, 5) is 0. The van der Waals surface area contributed by atoms with E-state index >= 15 is 0 Å². The first kappa shape index (κ1) is 10.3. The highest BCUT2D eigenvalue weighted by molar-refractivity contribution is 8.00. The lowest BCUT2D eigenvalue weighted by atomic mass is 10.00. The minimum absolute atomic E-state index is 0.292. The third-order valence-electron chi connectivity index (χ3n) is 1.96. The topological polar surface area (TPSA) is 20.2 Å². The van der Waals surface area contributed by atoms with Gasteiger partial charge in [-0.05, 0) is 5.92 Å². The zero-order valence-electron chi connectivity index (χ0n) is 7.35. The predicted molar refractivity (Wildman–Crippen MR) is 48.5 cm³/mol. The molecule has 62 valence electrons. The Morgan fingerprint density at radius 3 is 2.20 bits per heavy atom. The van der Waals surface area contributed by atoms with E-state index in [1.54, 1.807) is 0 Å². The normalized spacial score (nSPS) is 12.6. The molecular formula is C8H18OS. The van der Waals surface area contributed by atoms with E-state index < -0.39 is 0 Å². The van der Waals surface area contributed by atoms with Crippen molar-refractivity contribution in [2.45, 2.75) is 32.4 Å². The molecule has 0 radical (unpaired) electrons. The highest BCUT2D eigenvalue weighted by Crippen LogP contribution is 2.31. The van der Waals surface area contributed by atoms with Crippen molar-refractivity contribution in [2.75, 3.05) is 12.4 Å². The van der Waals surface area contributed by atoms with Crippen molar-refractivity contribution in [1.29, 1.82) is 0 Å². The van der Waals surface area contributed by atoms with Gasteiger partial charge in [0.25, 0.3) is 0 Å². The smallest absolute Gasteiger partial charge is 0.0521 e. The zero-order valence-corrected chi connectivity index (χ0v) is 8.16. The van der Waals surface area contributed by atoms with Crippen molar-refractivity contribution in [3.8, 4) is 0 Å². The molecule has 0 aliphatic carbocycles. The predicted octanol–water partition coefficient (Wildman–Crippen LogP) is 2.15. The molecule has 0 amide bonds. The maximum atomic E-state index is 8.59. The molecule has 0 spiro atoms. The van der Waals surface area contributed by atoms with Crippen LogP contribution in [0.4, 0.5) is 0 Å². The van der Waals surface area contributed by atoms with Crippen LogP contribution in [-0.2, 0) is 0 Å². The lowest BCUT2D eigenvalue weighted by molar-refractivity contribution is 0.321. The molecule has 0 bridgehead atoms. The molecule has 0 fully saturated rings. The van der Waals surface area contributed by atoms with Crippen LogP contribution < -0.4 is 0 Å². The minimum Gasteiger partial charge on any atom is -0.396 e. The van der Waals surface area contributed by atoms with Crippen molar-refractivity contribution < 1.29 is 5.11 Å². The average molecular weight is 162 g/mol. The standard InChI is InChI=1S/C8H18OS/c1-7(2)8(3,4)10-6-5-9/h7,9H,5-6H2,1-4H3. The van der Waals surface area contributed by atoms with Crippen molar-refractivity contribution in [3.63, 3.8) is 0 Å². The van der Waals surface area contributed by atoms with Crippen molar-refractivity contribution in [3.05, 3.63) is 0 Å². The van der Waals surface area contributed by atoms with E-state index in [1.807, 2.05) is 11.8 Å². The largest absolute Gasteiger partial charge is 0.396 e. The van der Waals surface area contributed by atoms with E-state index in [-0.39, 0.29) is 0 Å². The number of aliphatic hydroxyl groups is 1. The summed E-state index contributed by atoms with van der Waals surface area (Å²) in [5, 5.41) is 8.59. The Hall–Kier alpha value is 0.310. The van der Waals surface area contributed by atoms with Crippen molar-refractivity contribution >= 4 is 11.8 Å². The van der Waals surface area contributed by atoms with Gasteiger partial charge in [-0.25, -0.2) is 0 Å². The Kier molecular flexibility index (Phi) is 4.37. The summed E-state index contributed by atoms with van der Waals surface area (Å²) >= 11 is 1.84. The van der Waals surface area contributed by atoms with E-state index in [4.69, 9.17) is 5.11 Å². The molecule has 0 saturated carbocycles. The first-order valence-corrected chi connectivity index (χ1v) is 4.74. The maximum absolute atomic E-state index is 8.59. The number of rotatable bonds is 4. The Morgan fingerprint density at radius 2 is 1.90 bits per heavy atom. The monoisotopic (exact) mass is 162 g/mol. The fourth-order valence-corrected chi connectivity index (χ4v) is 1.43. The number of hydrogen-bond acceptors (Lipinski definition) is 2. The quantitative estimate of drug-likeness (QED) is 0.683. The summed E-state index contributed by atoms with van der Waals surface area (Å²) < 4.78 is 0.308. The third kappa shape index (κ3) is 3.47. The molecule has 0 unspecified atom stereocenters. The molecule has 0 heterocycles. The second-order valence-electron chi connectivity index (χ2n) is 3.33. The van der Waals surface area contributed by atoms with Crippen LogP contribution in [0.2, 0.25) is 0 Å². The van der Waals surface area contributed by atoms with E-state index in [1.165, 1.54) is 0 Å². The van der Waals surface area contributed by atoms with Crippen LogP contribution in [0.3, 0.4) is 0 Å². The van der Waals surface area contributed by atoms with Crippen LogP contribution in [0.15, 0.2) is 0 Å². The molecule has 1 nitrogen and oxygen atoms in total. The van der Waals surface area contributed by atoms with Gasteiger partial charge in [0.1, 0.15) is 0 Å². The average Bonchev–Trinajstić information content (AvgIpc) is 1.84. The fourth-order valence-electron chi connectivity index (χ4n) is 0.475. The SMILES string of the molecule is CC(C)C(C)(C)SCCO. The number of hydrogen-bond donors (Lipinski definition) is 1. The minimum atomic E-state index is 0.292. The second kappa shape index (κ2) is 4.24. The molecule has 10 heavy (non-hydrogen) atoms. The molecule has 0 aromatic heterocycles. The maximum Gasteiger partial charge on any atom is 0.0521 e. The molecule has 0 aliphatic rings. The van der Waals surface area contributed by atoms with Crippen molar-refractivity contribution in [1.82, 2.24) is 0 Å². The van der Waals surface area contributed by atoms with E-state index in [2.05, 4.69) is 27.7 Å². The van der Waals surface area contributed by atoms with Crippen LogP contribution in [0.1, 0.15) is 27.7 Å². The summed E-state index contributed by atoms with van der Waals surface area (Å²) in [7, 11) is 0. The lowest BCUT2D eigenvalue weighted by Gasteiger charge is -2.28. The molecule has 1 N–H and O–H groups in total. The van der Waals surface area contributed by atoms with Gasteiger partial charge in [-0.2, -0.15) is 11.8 Å². The molecule has 0 aliphatic heterocycles. The van der Waals surface area contributed by atoms with Crippen LogP contribution in [0.25, 0.3) is 0 Å². The van der Waals surface area contributed by atoms with Gasteiger partial charge >= 0.3 is 0 Å². The third-order valence-corrected chi connectivity index (χ3v) is 3.56. The Morgan fingerprint density at radius 1 is 1.40 bits per heavy atom. The molecular weight excluding hydrogens is 144 g/mol. The summed E-state index contributed by atoms with van der Waals surface area (Å²) in [6, 6.07) is 0. The summed E-state index contributed by atoms with van der Waals surface area (Å²) in [5.41, 5.74) is 0. The van der Waals surface area contributed by atoms with Crippen LogP contribution >= 0.6 is 11.8 Å². The molecule has 0 aromatic carbocycles. The number of aliphatic hydroxyl groups excluding tert-OH is 1. The molecule has 2 heteroatoms. The molecule has 0 rings (SSSR count). The highest BCUT2D eigenvalue weighted by atomic mass is 32.2. The Bertz CT molecular complexity index is 89.3. The molecule has 0 saturated heterocycles. The van der Waals surface area contributed by atoms with Crippen molar-refractivity contribution in [2.24, 2.45) is 5.92 Å². The van der Waals surface area contributed by atoms with Gasteiger partial charge in [-0.3, -0.25) is 0 Å². The van der Waals surface area contributed by atoms with Gasteiger partial charge in [0, 0.05) is 10.5 Å². The zero-order chi connectivity index (χ0) is 8.20. The summed E-state index contributed by atoms with van der Waals surface area (Å²) in [6.07, 6.45) is 0. The van der Waals surface area contributed by atoms with Gasteiger partial charge in [-0.15, -0.1) is 0 Å².